The van der Waals surface area contributed by atoms with Crippen molar-refractivity contribution in [1.29, 1.82) is 0 Å². The van der Waals surface area contributed by atoms with E-state index in [1.807, 2.05) is 6.07 Å². The van der Waals surface area contributed by atoms with Gasteiger partial charge in [0.15, 0.2) is 0 Å². The summed E-state index contributed by atoms with van der Waals surface area (Å²) in [6, 6.07) is 15.9. The highest BCUT2D eigenvalue weighted by atomic mass is 16.5. The highest BCUT2D eigenvalue weighted by molar-refractivity contribution is 5.97. The van der Waals surface area contributed by atoms with Gasteiger partial charge < -0.3 is 14.5 Å². The van der Waals surface area contributed by atoms with Crippen LogP contribution in [0, 0.1) is 0 Å². The fraction of sp³-hybridized carbons (Fsp3) is 0.400. The molecule has 0 N–H and O–H groups in total. The molecule has 3 aromatic rings. The van der Waals surface area contributed by atoms with Crippen molar-refractivity contribution in [3.63, 3.8) is 0 Å². The number of methoxy groups -OCH3 is 1. The van der Waals surface area contributed by atoms with Gasteiger partial charge in [0.05, 0.1) is 19.5 Å². The van der Waals surface area contributed by atoms with E-state index in [-0.39, 0.29) is 0 Å². The van der Waals surface area contributed by atoms with Crippen molar-refractivity contribution in [3.05, 3.63) is 59.8 Å². The quantitative estimate of drug-likeness (QED) is 0.588. The number of hydrogen-bond acceptors (Lipinski definition) is 4. The number of hydrogen-bond donors (Lipinski definition) is 0. The third-order valence-corrected chi connectivity index (χ3v) is 6.55. The van der Waals surface area contributed by atoms with Gasteiger partial charge in [-0.05, 0) is 43.0 Å². The maximum absolute atomic E-state index is 5.60. The Hall–Kier alpha value is -2.75. The van der Waals surface area contributed by atoms with E-state index in [1.54, 1.807) is 7.11 Å². The van der Waals surface area contributed by atoms with Gasteiger partial charge in [-0.2, -0.15) is 0 Å². The topological polar surface area (TPSA) is 28.6 Å². The lowest BCUT2D eigenvalue weighted by Crippen LogP contribution is -2.47. The fourth-order valence-corrected chi connectivity index (χ4v) is 5.01. The van der Waals surface area contributed by atoms with Gasteiger partial charge in [-0.3, -0.25) is 4.98 Å². The number of aromatic nitrogens is 1. The van der Waals surface area contributed by atoms with E-state index in [4.69, 9.17) is 9.72 Å². The van der Waals surface area contributed by atoms with Crippen LogP contribution in [-0.4, -0.2) is 24.8 Å². The summed E-state index contributed by atoms with van der Waals surface area (Å²) in [6.07, 6.45) is 8.34. The van der Waals surface area contributed by atoms with Crippen molar-refractivity contribution >= 4 is 22.3 Å². The molecule has 1 aliphatic carbocycles. The third-order valence-electron chi connectivity index (χ3n) is 6.55. The smallest absolute Gasteiger partial charge is 0.145 e. The second-order valence-corrected chi connectivity index (χ2v) is 8.26. The molecule has 150 valence electrons. The Morgan fingerprint density at radius 3 is 2.72 bits per heavy atom. The summed E-state index contributed by atoms with van der Waals surface area (Å²) < 4.78 is 5.60. The number of para-hydroxylation sites is 1. The van der Waals surface area contributed by atoms with Crippen LogP contribution in [0.25, 0.3) is 10.9 Å². The first-order valence-corrected chi connectivity index (χ1v) is 10.8. The summed E-state index contributed by atoms with van der Waals surface area (Å²) >= 11 is 0. The summed E-state index contributed by atoms with van der Waals surface area (Å²) in [4.78, 5) is 9.96. The molecule has 1 fully saturated rings. The summed E-state index contributed by atoms with van der Waals surface area (Å²) in [5.74, 6) is 0.856. The molecule has 0 radical (unpaired) electrons. The first-order chi connectivity index (χ1) is 14.3. The maximum Gasteiger partial charge on any atom is 0.145 e. The molecular formula is C25H29N3O. The largest absolute Gasteiger partial charge is 0.494 e. The van der Waals surface area contributed by atoms with Crippen LogP contribution in [0.3, 0.4) is 0 Å². The average Bonchev–Trinajstić information content (AvgIpc) is 3.32. The van der Waals surface area contributed by atoms with Gasteiger partial charge in [0.2, 0.25) is 0 Å². The van der Waals surface area contributed by atoms with Crippen molar-refractivity contribution in [2.75, 3.05) is 23.6 Å². The number of nitrogens with zero attached hydrogens (tertiary/aromatic N) is 3. The monoisotopic (exact) mass is 387 g/mol. The van der Waals surface area contributed by atoms with Crippen molar-refractivity contribution in [2.45, 2.75) is 51.6 Å². The van der Waals surface area contributed by atoms with Crippen LogP contribution in [0.2, 0.25) is 0 Å². The minimum atomic E-state index is 0.600. The van der Waals surface area contributed by atoms with Crippen LogP contribution < -0.4 is 14.5 Å². The number of aryl methyl sites for hydroxylation is 1. The molecule has 5 rings (SSSR count). The Bertz CT molecular complexity index is 1030. The zero-order valence-corrected chi connectivity index (χ0v) is 17.4. The molecule has 0 saturated heterocycles. The van der Waals surface area contributed by atoms with Gasteiger partial charge in [-0.25, -0.2) is 0 Å². The molecule has 2 heterocycles. The zero-order valence-electron chi connectivity index (χ0n) is 17.4. The number of benzene rings is 2. The third kappa shape index (κ3) is 3.21. The Labute approximate surface area is 173 Å². The average molecular weight is 388 g/mol. The van der Waals surface area contributed by atoms with E-state index < -0.39 is 0 Å². The molecule has 4 heteroatoms. The van der Waals surface area contributed by atoms with Crippen LogP contribution >= 0.6 is 0 Å². The van der Waals surface area contributed by atoms with Crippen molar-refractivity contribution < 1.29 is 4.74 Å². The molecule has 1 saturated carbocycles. The summed E-state index contributed by atoms with van der Waals surface area (Å²) in [5.41, 5.74) is 6.35. The van der Waals surface area contributed by atoms with Crippen molar-refractivity contribution in [3.8, 4) is 5.75 Å². The second-order valence-electron chi connectivity index (χ2n) is 8.26. The SMILES string of the molecule is CCc1cccc(N2Cc3cnc4c(OC)cccc4c3N(C3CCCC3)C2)c1. The van der Waals surface area contributed by atoms with Gasteiger partial charge in [0, 0.05) is 35.4 Å². The number of rotatable bonds is 4. The van der Waals surface area contributed by atoms with E-state index in [2.05, 4.69) is 59.3 Å². The number of ether oxygens (including phenoxy) is 1. The van der Waals surface area contributed by atoms with E-state index in [0.717, 1.165) is 30.9 Å². The van der Waals surface area contributed by atoms with E-state index in [9.17, 15) is 0 Å². The fourth-order valence-electron chi connectivity index (χ4n) is 5.01. The predicted molar refractivity (Wildman–Crippen MR) is 120 cm³/mol. The molecule has 0 bridgehead atoms. The summed E-state index contributed by atoms with van der Waals surface area (Å²) in [7, 11) is 1.73. The summed E-state index contributed by atoms with van der Waals surface area (Å²) in [6.45, 7) is 4.05. The van der Waals surface area contributed by atoms with Gasteiger partial charge in [-0.1, -0.05) is 44.0 Å². The first kappa shape index (κ1) is 18.3. The van der Waals surface area contributed by atoms with E-state index in [0.29, 0.717) is 6.04 Å². The van der Waals surface area contributed by atoms with Crippen LogP contribution in [-0.2, 0) is 13.0 Å². The molecule has 4 nitrogen and oxygen atoms in total. The highest BCUT2D eigenvalue weighted by Gasteiger charge is 2.32. The van der Waals surface area contributed by atoms with E-state index in [1.165, 1.54) is 53.6 Å². The highest BCUT2D eigenvalue weighted by Crippen LogP contribution is 2.41. The predicted octanol–water partition coefficient (Wildman–Crippen LogP) is 5.53. The van der Waals surface area contributed by atoms with Gasteiger partial charge in [0.25, 0.3) is 0 Å². The number of anilines is 2. The van der Waals surface area contributed by atoms with E-state index >= 15 is 0 Å². The molecule has 0 amide bonds. The lowest BCUT2D eigenvalue weighted by atomic mass is 10.0. The summed E-state index contributed by atoms with van der Waals surface area (Å²) in [5, 5.41) is 1.22. The molecule has 29 heavy (non-hydrogen) atoms. The Balaban J connectivity index is 1.63. The van der Waals surface area contributed by atoms with Crippen molar-refractivity contribution in [2.24, 2.45) is 0 Å². The van der Waals surface area contributed by atoms with Crippen LogP contribution in [0.15, 0.2) is 48.7 Å². The van der Waals surface area contributed by atoms with Gasteiger partial charge in [-0.15, -0.1) is 0 Å². The Morgan fingerprint density at radius 2 is 1.93 bits per heavy atom. The maximum atomic E-state index is 5.60. The molecular weight excluding hydrogens is 358 g/mol. The number of pyridine rings is 1. The molecule has 2 aliphatic rings. The van der Waals surface area contributed by atoms with Crippen LogP contribution in [0.5, 0.6) is 5.75 Å². The second kappa shape index (κ2) is 7.58. The lowest BCUT2D eigenvalue weighted by Gasteiger charge is -2.43. The zero-order chi connectivity index (χ0) is 19.8. The molecule has 2 aromatic carbocycles. The lowest BCUT2D eigenvalue weighted by molar-refractivity contribution is 0.419. The molecule has 0 spiro atoms. The first-order valence-electron chi connectivity index (χ1n) is 10.8. The van der Waals surface area contributed by atoms with Crippen LogP contribution in [0.4, 0.5) is 11.4 Å². The number of fused-ring (bicyclic) bond motifs is 3. The molecule has 0 atom stereocenters. The Morgan fingerprint density at radius 1 is 1.10 bits per heavy atom. The molecule has 1 aliphatic heterocycles. The van der Waals surface area contributed by atoms with Crippen molar-refractivity contribution in [1.82, 2.24) is 4.98 Å². The molecule has 1 aromatic heterocycles. The van der Waals surface area contributed by atoms with Gasteiger partial charge >= 0.3 is 0 Å². The normalized spacial score (nSPS) is 17.0. The van der Waals surface area contributed by atoms with Crippen LogP contribution in [0.1, 0.15) is 43.7 Å². The standard InChI is InChI=1S/C25H29N3O/c1-3-18-8-6-11-21(14-18)27-16-19-15-26-24-22(12-7-13-23(24)29-2)25(19)28(17-27)20-9-4-5-10-20/h6-8,11-15,20H,3-5,9-10,16-17H2,1-2H3. The van der Waals surface area contributed by atoms with Gasteiger partial charge in [0.1, 0.15) is 11.3 Å². The minimum absolute atomic E-state index is 0.600. The molecule has 0 unspecified atom stereocenters. The Kier molecular flexibility index (Phi) is 4.78. The minimum Gasteiger partial charge on any atom is -0.494 e.